The molecule has 0 unspecified atom stereocenters. The van der Waals surface area contributed by atoms with E-state index in [0.717, 1.165) is 48.2 Å². The molecule has 0 radical (unpaired) electrons. The van der Waals surface area contributed by atoms with Gasteiger partial charge in [-0.15, -0.1) is 0 Å². The Hall–Kier alpha value is -2.48. The van der Waals surface area contributed by atoms with Crippen molar-refractivity contribution in [2.75, 3.05) is 33.3 Å². The highest BCUT2D eigenvalue weighted by molar-refractivity contribution is 7.71. The van der Waals surface area contributed by atoms with Crippen molar-refractivity contribution in [3.8, 4) is 11.4 Å². The number of likely N-dealkylation sites (N-methyl/N-ethyl adjacent to an activating group) is 1. The molecule has 1 aromatic heterocycles. The number of ether oxygens (including phenoxy) is 1. The lowest BCUT2D eigenvalue weighted by Crippen LogP contribution is -2.27. The Labute approximate surface area is 189 Å². The van der Waals surface area contributed by atoms with Crippen LogP contribution in [0.5, 0.6) is 5.75 Å². The number of aryl methyl sites for hydroxylation is 1. The average molecular weight is 438 g/mol. The molecule has 0 bridgehead atoms. The van der Waals surface area contributed by atoms with Gasteiger partial charge in [0.05, 0.1) is 13.2 Å². The fourth-order valence-electron chi connectivity index (χ4n) is 3.95. The fraction of sp³-hybridized carbons (Fsp3) is 0.417. The van der Waals surface area contributed by atoms with E-state index in [0.29, 0.717) is 13.3 Å². The van der Waals surface area contributed by atoms with E-state index in [4.69, 9.17) is 22.1 Å². The first-order valence-electron chi connectivity index (χ1n) is 10.9. The lowest BCUT2D eigenvalue weighted by Gasteiger charge is -2.17. The van der Waals surface area contributed by atoms with E-state index in [1.54, 1.807) is 0 Å². The SMILES string of the molecule is Cc1cccc(OCCN(C)Cn2nc(CN3CCCC3)n(-c3ccccc3)c2=S)c1. The Balaban J connectivity index is 1.45. The number of benzene rings is 2. The van der Waals surface area contributed by atoms with Gasteiger partial charge in [-0.25, -0.2) is 4.68 Å². The average Bonchev–Trinajstić information content (AvgIpc) is 3.37. The summed E-state index contributed by atoms with van der Waals surface area (Å²) in [6.07, 6.45) is 2.52. The highest BCUT2D eigenvalue weighted by Gasteiger charge is 2.19. The summed E-state index contributed by atoms with van der Waals surface area (Å²) in [4.78, 5) is 4.65. The smallest absolute Gasteiger partial charge is 0.203 e. The molecule has 7 heteroatoms. The van der Waals surface area contributed by atoms with Crippen molar-refractivity contribution in [2.24, 2.45) is 0 Å². The molecule has 3 aromatic rings. The molecule has 2 aromatic carbocycles. The summed E-state index contributed by atoms with van der Waals surface area (Å²) >= 11 is 5.84. The highest BCUT2D eigenvalue weighted by Crippen LogP contribution is 2.17. The van der Waals surface area contributed by atoms with Crippen LogP contribution in [0.2, 0.25) is 0 Å². The molecule has 0 N–H and O–H groups in total. The largest absolute Gasteiger partial charge is 0.492 e. The molecule has 2 heterocycles. The predicted octanol–water partition coefficient (Wildman–Crippen LogP) is 4.28. The van der Waals surface area contributed by atoms with E-state index in [9.17, 15) is 0 Å². The van der Waals surface area contributed by atoms with Crippen LogP contribution in [0.25, 0.3) is 5.69 Å². The number of nitrogens with zero attached hydrogens (tertiary/aromatic N) is 5. The summed E-state index contributed by atoms with van der Waals surface area (Å²) < 4.78 is 10.7. The summed E-state index contributed by atoms with van der Waals surface area (Å²) in [7, 11) is 2.07. The van der Waals surface area contributed by atoms with E-state index in [-0.39, 0.29) is 0 Å². The maximum Gasteiger partial charge on any atom is 0.203 e. The minimum Gasteiger partial charge on any atom is -0.492 e. The van der Waals surface area contributed by atoms with Gasteiger partial charge in [0.1, 0.15) is 12.4 Å². The molecule has 0 aliphatic carbocycles. The Morgan fingerprint density at radius 2 is 1.84 bits per heavy atom. The third kappa shape index (κ3) is 5.61. The highest BCUT2D eigenvalue weighted by atomic mass is 32.1. The number of likely N-dealkylation sites (tertiary alicyclic amines) is 1. The van der Waals surface area contributed by atoms with Gasteiger partial charge in [-0.3, -0.25) is 14.4 Å². The van der Waals surface area contributed by atoms with Crippen LogP contribution in [0, 0.1) is 11.7 Å². The minimum absolute atomic E-state index is 0.618. The van der Waals surface area contributed by atoms with Crippen LogP contribution >= 0.6 is 12.2 Å². The van der Waals surface area contributed by atoms with Crippen LogP contribution < -0.4 is 4.74 Å². The molecule has 1 aliphatic heterocycles. The summed E-state index contributed by atoms with van der Waals surface area (Å²) in [6.45, 7) is 7.19. The van der Waals surface area contributed by atoms with E-state index in [1.807, 2.05) is 35.0 Å². The molecular formula is C24H31N5OS. The zero-order valence-electron chi connectivity index (χ0n) is 18.4. The van der Waals surface area contributed by atoms with Crippen LogP contribution in [-0.2, 0) is 13.2 Å². The molecule has 1 aliphatic rings. The molecule has 1 saturated heterocycles. The van der Waals surface area contributed by atoms with Crippen molar-refractivity contribution in [1.82, 2.24) is 24.1 Å². The second-order valence-corrected chi connectivity index (χ2v) is 8.60. The van der Waals surface area contributed by atoms with Crippen molar-refractivity contribution < 1.29 is 4.74 Å². The van der Waals surface area contributed by atoms with Gasteiger partial charge in [-0.1, -0.05) is 30.3 Å². The van der Waals surface area contributed by atoms with Crippen molar-refractivity contribution >= 4 is 12.2 Å². The fourth-order valence-corrected chi connectivity index (χ4v) is 4.26. The van der Waals surface area contributed by atoms with Crippen LogP contribution in [0.4, 0.5) is 0 Å². The second kappa shape index (κ2) is 10.2. The molecular weight excluding hydrogens is 406 g/mol. The molecule has 0 atom stereocenters. The summed E-state index contributed by atoms with van der Waals surface area (Å²) in [5.74, 6) is 1.91. The molecule has 0 amide bonds. The zero-order chi connectivity index (χ0) is 21.6. The zero-order valence-corrected chi connectivity index (χ0v) is 19.2. The molecule has 1 fully saturated rings. The Morgan fingerprint density at radius 3 is 2.58 bits per heavy atom. The van der Waals surface area contributed by atoms with Crippen LogP contribution in [0.3, 0.4) is 0 Å². The Morgan fingerprint density at radius 1 is 1.06 bits per heavy atom. The topological polar surface area (TPSA) is 38.5 Å². The summed E-state index contributed by atoms with van der Waals surface area (Å²) in [5.41, 5.74) is 2.27. The van der Waals surface area contributed by atoms with E-state index >= 15 is 0 Å². The number of para-hydroxylation sites is 1. The normalized spacial score (nSPS) is 14.4. The first kappa shape index (κ1) is 21.7. The Kier molecular flexibility index (Phi) is 7.17. The second-order valence-electron chi connectivity index (χ2n) is 8.24. The number of hydrogen-bond donors (Lipinski definition) is 0. The number of rotatable bonds is 9. The lowest BCUT2D eigenvalue weighted by molar-refractivity contribution is 0.197. The standard InChI is InChI=1S/C24H31N5OS/c1-20-9-8-12-22(17-20)30-16-15-26(2)19-28-24(31)29(21-10-4-3-5-11-21)23(25-28)18-27-13-6-7-14-27/h3-5,8-12,17H,6-7,13-16,18-19H2,1-2H3. The monoisotopic (exact) mass is 437 g/mol. The van der Waals surface area contributed by atoms with Crippen LogP contribution in [0.1, 0.15) is 24.2 Å². The third-order valence-electron chi connectivity index (χ3n) is 5.59. The van der Waals surface area contributed by atoms with Crippen LogP contribution in [0.15, 0.2) is 54.6 Å². The van der Waals surface area contributed by atoms with Crippen molar-refractivity contribution in [2.45, 2.75) is 33.0 Å². The van der Waals surface area contributed by atoms with Crippen molar-refractivity contribution in [1.29, 1.82) is 0 Å². The van der Waals surface area contributed by atoms with Crippen LogP contribution in [-0.4, -0.2) is 57.4 Å². The van der Waals surface area contributed by atoms with Gasteiger partial charge in [0, 0.05) is 12.2 Å². The van der Waals surface area contributed by atoms with E-state index in [2.05, 4.69) is 52.6 Å². The van der Waals surface area contributed by atoms with Gasteiger partial charge in [-0.2, -0.15) is 5.10 Å². The first-order chi connectivity index (χ1) is 15.1. The maximum absolute atomic E-state index is 5.90. The molecule has 0 saturated carbocycles. The number of hydrogen-bond acceptors (Lipinski definition) is 5. The molecule has 31 heavy (non-hydrogen) atoms. The quantitative estimate of drug-likeness (QED) is 0.467. The molecule has 0 spiro atoms. The van der Waals surface area contributed by atoms with Crippen molar-refractivity contribution in [3.05, 3.63) is 70.8 Å². The van der Waals surface area contributed by atoms with E-state index in [1.165, 1.54) is 18.4 Å². The molecule has 164 valence electrons. The van der Waals surface area contributed by atoms with Gasteiger partial charge in [0.15, 0.2) is 5.82 Å². The number of aromatic nitrogens is 3. The Bertz CT molecular complexity index is 1040. The molecule has 4 rings (SSSR count). The van der Waals surface area contributed by atoms with Crippen molar-refractivity contribution in [3.63, 3.8) is 0 Å². The third-order valence-corrected chi connectivity index (χ3v) is 5.98. The minimum atomic E-state index is 0.618. The van der Waals surface area contributed by atoms with Gasteiger partial charge in [0.25, 0.3) is 0 Å². The molecule has 6 nitrogen and oxygen atoms in total. The van der Waals surface area contributed by atoms with Gasteiger partial charge >= 0.3 is 0 Å². The van der Waals surface area contributed by atoms with Gasteiger partial charge < -0.3 is 4.74 Å². The van der Waals surface area contributed by atoms with E-state index < -0.39 is 0 Å². The predicted molar refractivity (Wildman–Crippen MR) is 126 cm³/mol. The lowest BCUT2D eigenvalue weighted by atomic mass is 10.2. The van der Waals surface area contributed by atoms with Gasteiger partial charge in [-0.05, 0) is 81.9 Å². The maximum atomic E-state index is 5.90. The van der Waals surface area contributed by atoms with Gasteiger partial charge in [0.2, 0.25) is 4.77 Å². The summed E-state index contributed by atoms with van der Waals surface area (Å²) in [5, 5.41) is 4.92. The summed E-state index contributed by atoms with van der Waals surface area (Å²) in [6, 6.07) is 18.4. The first-order valence-corrected chi connectivity index (χ1v) is 11.4.